The molecular formula is C9H6BrFN2O2. The lowest BCUT2D eigenvalue weighted by atomic mass is 10.2. The van der Waals surface area contributed by atoms with Gasteiger partial charge in [-0.05, 0) is 18.2 Å². The highest BCUT2D eigenvalue weighted by Gasteiger charge is 2.10. The highest BCUT2D eigenvalue weighted by molar-refractivity contribution is 9.10. The fourth-order valence-electron chi connectivity index (χ4n) is 1.11. The van der Waals surface area contributed by atoms with Crippen LogP contribution < -0.4 is 4.74 Å². The van der Waals surface area contributed by atoms with E-state index in [1.54, 1.807) is 0 Å². The number of hydrogen-bond acceptors (Lipinski definition) is 4. The van der Waals surface area contributed by atoms with Crippen LogP contribution in [-0.4, -0.2) is 17.3 Å². The average molecular weight is 273 g/mol. The van der Waals surface area contributed by atoms with Gasteiger partial charge in [-0.25, -0.2) is 4.39 Å². The lowest BCUT2D eigenvalue weighted by Crippen LogP contribution is -1.88. The Labute approximate surface area is 93.2 Å². The van der Waals surface area contributed by atoms with Crippen molar-refractivity contribution < 1.29 is 13.5 Å². The van der Waals surface area contributed by atoms with Crippen molar-refractivity contribution in [2.75, 3.05) is 7.11 Å². The largest absolute Gasteiger partial charge is 0.494 e. The molecule has 0 N–H and O–H groups in total. The van der Waals surface area contributed by atoms with Crippen molar-refractivity contribution >= 4 is 15.9 Å². The van der Waals surface area contributed by atoms with Gasteiger partial charge in [-0.15, -0.1) is 10.2 Å². The molecule has 0 fully saturated rings. The molecule has 1 heterocycles. The van der Waals surface area contributed by atoms with E-state index in [1.807, 2.05) is 0 Å². The van der Waals surface area contributed by atoms with Gasteiger partial charge in [0.15, 0.2) is 11.6 Å². The van der Waals surface area contributed by atoms with Crippen molar-refractivity contribution in [3.8, 4) is 17.2 Å². The second-order valence-corrected chi connectivity index (χ2v) is 3.39. The van der Waals surface area contributed by atoms with Gasteiger partial charge in [-0.1, -0.05) is 0 Å². The van der Waals surface area contributed by atoms with Crippen LogP contribution in [0.15, 0.2) is 27.4 Å². The van der Waals surface area contributed by atoms with Crippen molar-refractivity contribution in [3.63, 3.8) is 0 Å². The minimum atomic E-state index is -0.431. The fraction of sp³-hybridized carbons (Fsp3) is 0.111. The van der Waals surface area contributed by atoms with Gasteiger partial charge in [0, 0.05) is 21.5 Å². The number of ether oxygens (including phenoxy) is 1. The molecule has 78 valence electrons. The molecule has 0 spiro atoms. The van der Waals surface area contributed by atoms with E-state index in [0.29, 0.717) is 11.5 Å². The number of aromatic nitrogens is 2. The third-order valence-electron chi connectivity index (χ3n) is 1.80. The van der Waals surface area contributed by atoms with Crippen molar-refractivity contribution in [1.82, 2.24) is 10.2 Å². The van der Waals surface area contributed by atoms with Crippen LogP contribution in [0.4, 0.5) is 4.39 Å². The van der Waals surface area contributed by atoms with E-state index in [-0.39, 0.29) is 10.5 Å². The van der Waals surface area contributed by atoms with Crippen LogP contribution in [0.5, 0.6) is 5.75 Å². The summed E-state index contributed by atoms with van der Waals surface area (Å²) in [5.41, 5.74) is 0.603. The zero-order valence-electron chi connectivity index (χ0n) is 7.70. The first-order valence-corrected chi connectivity index (χ1v) is 4.83. The summed E-state index contributed by atoms with van der Waals surface area (Å²) in [6.45, 7) is 0. The minimum absolute atomic E-state index is 0.141. The van der Waals surface area contributed by atoms with Crippen molar-refractivity contribution in [2.45, 2.75) is 0 Å². The van der Waals surface area contributed by atoms with Gasteiger partial charge in [0.25, 0.3) is 4.80 Å². The molecule has 0 atom stereocenters. The highest BCUT2D eigenvalue weighted by Crippen LogP contribution is 2.26. The third kappa shape index (κ3) is 1.99. The van der Waals surface area contributed by atoms with Crippen molar-refractivity contribution in [1.29, 1.82) is 0 Å². The Hall–Kier alpha value is -1.43. The second-order valence-electron chi connectivity index (χ2n) is 2.71. The molecule has 0 amide bonds. The first-order valence-electron chi connectivity index (χ1n) is 4.03. The molecule has 0 saturated carbocycles. The molecule has 0 aliphatic rings. The Morgan fingerprint density at radius 1 is 1.40 bits per heavy atom. The molecule has 1 aromatic carbocycles. The second kappa shape index (κ2) is 3.98. The smallest absolute Gasteiger partial charge is 0.285 e. The summed E-state index contributed by atoms with van der Waals surface area (Å²) in [6, 6.07) is 4.32. The van der Waals surface area contributed by atoms with Gasteiger partial charge in [-0.3, -0.25) is 0 Å². The molecular weight excluding hydrogens is 267 g/mol. The van der Waals surface area contributed by atoms with Gasteiger partial charge in [0.1, 0.15) is 0 Å². The zero-order valence-corrected chi connectivity index (χ0v) is 9.28. The van der Waals surface area contributed by atoms with E-state index in [2.05, 4.69) is 26.1 Å². The van der Waals surface area contributed by atoms with Crippen LogP contribution in [0.3, 0.4) is 0 Å². The average Bonchev–Trinajstić information content (AvgIpc) is 2.66. The predicted octanol–water partition coefficient (Wildman–Crippen LogP) is 2.65. The summed E-state index contributed by atoms with van der Waals surface area (Å²) in [7, 11) is 1.39. The van der Waals surface area contributed by atoms with Crippen LogP contribution in [0.2, 0.25) is 0 Å². The summed E-state index contributed by atoms with van der Waals surface area (Å²) in [5, 5.41) is 7.39. The Morgan fingerprint density at radius 2 is 2.20 bits per heavy atom. The Balaban J connectivity index is 2.45. The molecule has 2 rings (SSSR count). The number of methoxy groups -OCH3 is 1. The lowest BCUT2D eigenvalue weighted by Gasteiger charge is -2.02. The van der Waals surface area contributed by atoms with E-state index < -0.39 is 5.82 Å². The maximum atomic E-state index is 13.1. The van der Waals surface area contributed by atoms with Gasteiger partial charge in [0.2, 0.25) is 5.89 Å². The first-order chi connectivity index (χ1) is 7.20. The monoisotopic (exact) mass is 272 g/mol. The molecule has 0 unspecified atom stereocenters. The number of rotatable bonds is 2. The van der Waals surface area contributed by atoms with Crippen LogP contribution in [0.25, 0.3) is 11.5 Å². The van der Waals surface area contributed by atoms with E-state index >= 15 is 0 Å². The summed E-state index contributed by atoms with van der Waals surface area (Å²) in [6.07, 6.45) is 0. The lowest BCUT2D eigenvalue weighted by molar-refractivity contribution is 0.386. The summed E-state index contributed by atoms with van der Waals surface area (Å²) in [4.78, 5) is 0.279. The van der Waals surface area contributed by atoms with Crippen LogP contribution in [0, 0.1) is 5.82 Å². The standard InChI is InChI=1S/C9H6BrFN2O2/c1-14-7-4-5(2-3-6(7)11)8-12-13-9(10)15-8/h2-4H,1H3. The Bertz CT molecular complexity index is 487. The molecule has 4 nitrogen and oxygen atoms in total. The summed E-state index contributed by atoms with van der Waals surface area (Å²) in [5.74, 6) is 0.0156. The molecule has 2 aromatic rings. The highest BCUT2D eigenvalue weighted by atomic mass is 79.9. The topological polar surface area (TPSA) is 48.2 Å². The molecule has 0 radical (unpaired) electrons. The number of hydrogen-bond donors (Lipinski definition) is 0. The normalized spacial score (nSPS) is 10.3. The SMILES string of the molecule is COc1cc(-c2nnc(Br)o2)ccc1F. The molecule has 1 aromatic heterocycles. The molecule has 15 heavy (non-hydrogen) atoms. The Morgan fingerprint density at radius 3 is 2.80 bits per heavy atom. The van der Waals surface area contributed by atoms with E-state index in [1.165, 1.54) is 25.3 Å². The molecule has 0 aliphatic heterocycles. The first kappa shape index (κ1) is 10.1. The molecule has 6 heteroatoms. The van der Waals surface area contributed by atoms with E-state index in [9.17, 15) is 4.39 Å². The van der Waals surface area contributed by atoms with Crippen LogP contribution in [0.1, 0.15) is 0 Å². The van der Waals surface area contributed by atoms with Crippen molar-refractivity contribution in [3.05, 3.63) is 28.8 Å². The maximum absolute atomic E-state index is 13.1. The summed E-state index contributed by atoms with van der Waals surface area (Å²) >= 11 is 3.03. The number of benzene rings is 1. The molecule has 0 aliphatic carbocycles. The number of nitrogens with zero attached hydrogens (tertiary/aromatic N) is 2. The summed E-state index contributed by atoms with van der Waals surface area (Å²) < 4.78 is 23.1. The van der Waals surface area contributed by atoms with Gasteiger partial charge in [-0.2, -0.15) is 0 Å². The van der Waals surface area contributed by atoms with E-state index in [4.69, 9.17) is 9.15 Å². The van der Waals surface area contributed by atoms with Crippen LogP contribution >= 0.6 is 15.9 Å². The van der Waals surface area contributed by atoms with Crippen LogP contribution in [-0.2, 0) is 0 Å². The molecule has 0 saturated heterocycles. The van der Waals surface area contributed by atoms with Gasteiger partial charge >= 0.3 is 0 Å². The fourth-order valence-corrected chi connectivity index (χ4v) is 1.35. The number of halogens is 2. The van der Waals surface area contributed by atoms with Gasteiger partial charge < -0.3 is 9.15 Å². The van der Waals surface area contributed by atoms with Gasteiger partial charge in [0.05, 0.1) is 7.11 Å². The maximum Gasteiger partial charge on any atom is 0.285 e. The molecule has 0 bridgehead atoms. The van der Waals surface area contributed by atoms with Crippen molar-refractivity contribution in [2.24, 2.45) is 0 Å². The minimum Gasteiger partial charge on any atom is -0.494 e. The quantitative estimate of drug-likeness (QED) is 0.843. The Kier molecular flexibility index (Phi) is 2.68. The zero-order chi connectivity index (χ0) is 10.8. The predicted molar refractivity (Wildman–Crippen MR) is 53.9 cm³/mol. The van der Waals surface area contributed by atoms with E-state index in [0.717, 1.165) is 0 Å². The third-order valence-corrected chi connectivity index (χ3v) is 2.12.